The number of rotatable bonds is 10. The van der Waals surface area contributed by atoms with Crippen molar-refractivity contribution in [2.75, 3.05) is 36.4 Å². The maximum atomic E-state index is 13.3. The lowest BCUT2D eigenvalue weighted by Gasteiger charge is -2.28. The van der Waals surface area contributed by atoms with Crippen LogP contribution in [-0.4, -0.2) is 72.8 Å². The second-order valence-corrected chi connectivity index (χ2v) is 19.0. The Labute approximate surface area is 355 Å². The fraction of sp³-hybridized carbons (Fsp3) is 0.326. The summed E-state index contributed by atoms with van der Waals surface area (Å²) in [4.78, 5) is 67.8. The van der Waals surface area contributed by atoms with Gasteiger partial charge in [-0.3, -0.25) is 28.9 Å². The van der Waals surface area contributed by atoms with Gasteiger partial charge in [0.05, 0.1) is 42.3 Å². The zero-order valence-electron chi connectivity index (χ0n) is 36.0. The number of phenols is 1. The van der Waals surface area contributed by atoms with Gasteiger partial charge in [0.1, 0.15) is 21.2 Å². The molecule has 61 heavy (non-hydrogen) atoms. The number of fused-ring (bicyclic) bond motifs is 2. The normalized spacial score (nSPS) is 13.2. The largest absolute Gasteiger partial charge is 0.508 e. The molecule has 0 unspecified atom stereocenters. The number of H-pyrrole nitrogens is 1. The van der Waals surface area contributed by atoms with Crippen LogP contribution in [0.1, 0.15) is 109 Å². The molecule has 0 spiro atoms. The quantitative estimate of drug-likeness (QED) is 0.102. The number of pyridine rings is 1. The number of phenolic OH excluding ortho intramolecular Hbond substituents is 1. The van der Waals surface area contributed by atoms with Crippen LogP contribution in [-0.2, 0) is 25.5 Å². The Bertz CT molecular complexity index is 2710. The third-order valence-corrected chi connectivity index (χ3v) is 10.9. The van der Waals surface area contributed by atoms with Gasteiger partial charge >= 0.3 is 0 Å². The van der Waals surface area contributed by atoms with E-state index in [1.54, 1.807) is 55.5 Å². The van der Waals surface area contributed by atoms with Crippen LogP contribution in [0.25, 0.3) is 10.9 Å². The predicted octanol–water partition coefficient (Wildman–Crippen LogP) is 7.52. The number of hydrogen-bond donors (Lipinski definition) is 4. The molecule has 0 saturated carbocycles. The second kappa shape index (κ2) is 17.6. The first kappa shape index (κ1) is 45.6. The summed E-state index contributed by atoms with van der Waals surface area (Å²) in [6.07, 6.45) is 2.47. The predicted molar refractivity (Wildman–Crippen MR) is 236 cm³/mol. The number of aromatic nitrogens is 1. The van der Waals surface area contributed by atoms with Gasteiger partial charge < -0.3 is 30.2 Å². The lowest BCUT2D eigenvalue weighted by Crippen LogP contribution is -2.37. The van der Waals surface area contributed by atoms with Crippen molar-refractivity contribution in [1.82, 2.24) is 9.88 Å². The van der Waals surface area contributed by atoms with E-state index in [0.717, 1.165) is 22.3 Å². The lowest BCUT2D eigenvalue weighted by atomic mass is 9.79. The number of nitrogens with zero attached hydrogens (tertiary/aromatic N) is 1. The smallest absolute Gasteiger partial charge is 0.264 e. The van der Waals surface area contributed by atoms with Gasteiger partial charge in [-0.25, -0.2) is 8.42 Å². The van der Waals surface area contributed by atoms with E-state index >= 15 is 0 Å². The molecule has 1 aliphatic rings. The summed E-state index contributed by atoms with van der Waals surface area (Å²) in [5.41, 5.74) is 2.78. The van der Waals surface area contributed by atoms with Crippen molar-refractivity contribution in [2.45, 2.75) is 72.3 Å². The molecule has 0 aliphatic carbocycles. The molecular formula is C46H52N4O10S. The van der Waals surface area contributed by atoms with Crippen LogP contribution in [0.4, 0.5) is 11.4 Å². The van der Waals surface area contributed by atoms with Crippen LogP contribution in [0.2, 0.25) is 0 Å². The summed E-state index contributed by atoms with van der Waals surface area (Å²) in [5.74, 6) is -1.80. The zero-order valence-corrected chi connectivity index (χ0v) is 36.8. The number of para-hydroxylation sites is 1. The Morgan fingerprint density at radius 3 is 2.11 bits per heavy atom. The first-order valence-electron chi connectivity index (χ1n) is 19.5. The molecule has 2 heterocycles. The van der Waals surface area contributed by atoms with Gasteiger partial charge in [-0.05, 0) is 76.9 Å². The minimum Gasteiger partial charge on any atom is -0.508 e. The molecule has 1 aromatic heterocycles. The molecule has 1 aliphatic heterocycles. The monoisotopic (exact) mass is 852 g/mol. The second-order valence-electron chi connectivity index (χ2n) is 16.8. The summed E-state index contributed by atoms with van der Waals surface area (Å²) < 4.78 is 35.3. The average Bonchev–Trinajstić information content (AvgIpc) is 3.42. The molecule has 6 rings (SSSR count). The first-order chi connectivity index (χ1) is 28.5. The maximum absolute atomic E-state index is 13.3. The molecule has 0 bridgehead atoms. The minimum atomic E-state index is -3.60. The molecule has 322 valence electrons. The van der Waals surface area contributed by atoms with E-state index in [4.69, 9.17) is 9.47 Å². The molecule has 14 nitrogen and oxygen atoms in total. The number of hydrogen-bond acceptors (Lipinski definition) is 10. The van der Waals surface area contributed by atoms with Crippen molar-refractivity contribution in [1.29, 1.82) is 0 Å². The van der Waals surface area contributed by atoms with Gasteiger partial charge in [-0.1, -0.05) is 65.8 Å². The number of methoxy groups -OCH3 is 1. The van der Waals surface area contributed by atoms with Crippen LogP contribution >= 0.6 is 0 Å². The van der Waals surface area contributed by atoms with Crippen molar-refractivity contribution < 1.29 is 42.2 Å². The fourth-order valence-corrected chi connectivity index (χ4v) is 8.01. The van der Waals surface area contributed by atoms with Gasteiger partial charge in [0.15, 0.2) is 11.5 Å². The van der Waals surface area contributed by atoms with Crippen molar-refractivity contribution in [3.05, 3.63) is 123 Å². The van der Waals surface area contributed by atoms with Gasteiger partial charge in [0, 0.05) is 42.0 Å². The van der Waals surface area contributed by atoms with E-state index < -0.39 is 45.3 Å². The molecule has 1 atom stereocenters. The van der Waals surface area contributed by atoms with E-state index in [0.29, 0.717) is 40.3 Å². The van der Waals surface area contributed by atoms with Crippen LogP contribution < -0.4 is 25.5 Å². The maximum Gasteiger partial charge on any atom is 0.264 e. The topological polar surface area (TPSA) is 201 Å². The third-order valence-electron chi connectivity index (χ3n) is 9.93. The number of ether oxygens (including phenoxy) is 2. The molecule has 0 fully saturated rings. The number of nitrogens with one attached hydrogen (secondary N) is 3. The zero-order chi connectivity index (χ0) is 45.2. The molecule has 0 saturated heterocycles. The molecule has 4 aromatic carbocycles. The Morgan fingerprint density at radius 2 is 1.51 bits per heavy atom. The highest BCUT2D eigenvalue weighted by molar-refractivity contribution is 7.90. The molecule has 4 amide bonds. The summed E-state index contributed by atoms with van der Waals surface area (Å²) >= 11 is 0. The minimum absolute atomic E-state index is 0.0305. The summed E-state index contributed by atoms with van der Waals surface area (Å²) in [6.45, 7) is 15.6. The highest BCUT2D eigenvalue weighted by atomic mass is 32.2. The lowest BCUT2D eigenvalue weighted by molar-refractivity contribution is -0.114. The van der Waals surface area contributed by atoms with Gasteiger partial charge in [-0.2, -0.15) is 0 Å². The van der Waals surface area contributed by atoms with E-state index in [1.165, 1.54) is 32.4 Å². The molecule has 0 radical (unpaired) electrons. The SMILES string of the molecule is CC(C)(C)c1cc(C(C)(C)C)c(NC(=O)c2c[nH]c3ccccc3c2=O)cc1O.CCOc1cc([C@@H](CS(C)(=O)=O)N2C(=O)c3cccc(NC(C)=O)c3C2=O)ccc1OC. The number of anilines is 2. The summed E-state index contributed by atoms with van der Waals surface area (Å²) in [5, 5.41) is 16.4. The van der Waals surface area contributed by atoms with E-state index in [9.17, 15) is 37.5 Å². The summed E-state index contributed by atoms with van der Waals surface area (Å²) in [7, 11) is -2.13. The summed E-state index contributed by atoms with van der Waals surface area (Å²) in [6, 6.07) is 18.8. The molecular weight excluding hydrogens is 801 g/mol. The van der Waals surface area contributed by atoms with Crippen LogP contribution in [0.3, 0.4) is 0 Å². The Hall–Kier alpha value is -6.48. The van der Waals surface area contributed by atoms with Crippen molar-refractivity contribution in [3.8, 4) is 17.2 Å². The average molecular weight is 853 g/mol. The van der Waals surface area contributed by atoms with Crippen molar-refractivity contribution >= 4 is 55.7 Å². The number of sulfone groups is 1. The van der Waals surface area contributed by atoms with Crippen LogP contribution in [0, 0.1) is 0 Å². The Morgan fingerprint density at radius 1 is 0.836 bits per heavy atom. The number of carbonyl (C=O) groups is 4. The number of benzene rings is 4. The number of aromatic hydroxyl groups is 1. The van der Waals surface area contributed by atoms with E-state index in [-0.39, 0.29) is 44.4 Å². The van der Waals surface area contributed by atoms with Crippen LogP contribution in [0.5, 0.6) is 17.2 Å². The number of imide groups is 1. The van der Waals surface area contributed by atoms with Gasteiger partial charge in [0.2, 0.25) is 11.3 Å². The van der Waals surface area contributed by atoms with Gasteiger partial charge in [-0.15, -0.1) is 0 Å². The van der Waals surface area contributed by atoms with Crippen molar-refractivity contribution in [3.63, 3.8) is 0 Å². The molecule has 4 N–H and O–H groups in total. The third kappa shape index (κ3) is 10.1. The Kier molecular flexibility index (Phi) is 13.2. The fourth-order valence-electron chi connectivity index (χ4n) is 7.09. The highest BCUT2D eigenvalue weighted by Crippen LogP contribution is 2.41. The molecule has 5 aromatic rings. The van der Waals surface area contributed by atoms with E-state index in [1.807, 2.05) is 53.7 Å². The first-order valence-corrected chi connectivity index (χ1v) is 21.6. The number of aromatic amines is 1. The van der Waals surface area contributed by atoms with Gasteiger partial charge in [0.25, 0.3) is 17.7 Å². The van der Waals surface area contributed by atoms with Crippen molar-refractivity contribution in [2.24, 2.45) is 0 Å². The number of amides is 4. The highest BCUT2D eigenvalue weighted by Gasteiger charge is 2.43. The van der Waals surface area contributed by atoms with Crippen LogP contribution in [0.15, 0.2) is 83.8 Å². The molecule has 15 heteroatoms. The number of carbonyl (C=O) groups excluding carboxylic acids is 4. The van der Waals surface area contributed by atoms with E-state index in [2.05, 4.69) is 15.6 Å². The standard InChI is InChI=1S/C24H28N2O3.C22H24N2O7S/c1-23(2,3)16-11-17(24(4,5)6)20(27)12-19(16)26-22(29)15-13-25-18-10-8-7-9-14(18)21(15)28;1-5-31-19-11-14(9-10-18(19)30-3)17(12-32(4,28)29)24-21(26)15-7-6-8-16(23-13(2)25)20(15)22(24)27/h7-13,27H,1-6H3,(H,25,28)(H,26,29);6-11,17H,5,12H2,1-4H3,(H,23,25)/t;17-/m.1/s1. The Balaban J connectivity index is 0.000000232.